The summed E-state index contributed by atoms with van der Waals surface area (Å²) in [6, 6.07) is 3.50. The van der Waals surface area contributed by atoms with Crippen LogP contribution in [0.1, 0.15) is 36.9 Å². The fraction of sp³-hybridized carbons (Fsp3) is 0.538. The summed E-state index contributed by atoms with van der Waals surface area (Å²) in [6.45, 7) is 5.26. The van der Waals surface area contributed by atoms with Crippen LogP contribution in [0.2, 0.25) is 0 Å². The third kappa shape index (κ3) is 2.37. The predicted molar refractivity (Wildman–Crippen MR) is 65.5 cm³/mol. The summed E-state index contributed by atoms with van der Waals surface area (Å²) in [5, 5.41) is 9.20. The van der Waals surface area contributed by atoms with Gasteiger partial charge in [0.15, 0.2) is 11.5 Å². The molecule has 1 unspecified atom stereocenters. The average Bonchev–Trinajstić information content (AvgIpc) is 2.36. The molecular formula is C13H19NO3. The maximum absolute atomic E-state index is 9.20. The maximum Gasteiger partial charge on any atom is 0.161 e. The number of hydrogen-bond acceptors (Lipinski definition) is 4. The fourth-order valence-corrected chi connectivity index (χ4v) is 2.04. The summed E-state index contributed by atoms with van der Waals surface area (Å²) in [7, 11) is 0. The van der Waals surface area contributed by atoms with E-state index >= 15 is 0 Å². The maximum atomic E-state index is 9.20. The molecule has 0 radical (unpaired) electrons. The number of aliphatic hydroxyl groups is 1. The van der Waals surface area contributed by atoms with Crippen LogP contribution in [0.15, 0.2) is 12.1 Å². The SMILES string of the molecule is CC(C)c1cc2c(cc1C(N)CO)OCCO2. The lowest BCUT2D eigenvalue weighted by Crippen LogP contribution is -2.20. The summed E-state index contributed by atoms with van der Waals surface area (Å²) in [5.74, 6) is 1.83. The molecule has 1 aromatic rings. The van der Waals surface area contributed by atoms with Gasteiger partial charge in [0.05, 0.1) is 12.6 Å². The second kappa shape index (κ2) is 4.94. The van der Waals surface area contributed by atoms with Gasteiger partial charge in [0.25, 0.3) is 0 Å². The van der Waals surface area contributed by atoms with Crippen molar-refractivity contribution in [2.24, 2.45) is 5.73 Å². The Balaban J connectivity index is 2.48. The van der Waals surface area contributed by atoms with E-state index in [1.807, 2.05) is 12.1 Å². The number of rotatable bonds is 3. The number of fused-ring (bicyclic) bond motifs is 1. The van der Waals surface area contributed by atoms with E-state index in [1.54, 1.807) is 0 Å². The third-order valence-corrected chi connectivity index (χ3v) is 2.97. The topological polar surface area (TPSA) is 64.7 Å². The summed E-state index contributed by atoms with van der Waals surface area (Å²) in [5.41, 5.74) is 7.96. The molecule has 1 aromatic carbocycles. The molecule has 0 saturated heterocycles. The molecule has 3 N–H and O–H groups in total. The summed E-state index contributed by atoms with van der Waals surface area (Å²) >= 11 is 0. The van der Waals surface area contributed by atoms with Gasteiger partial charge in [0.1, 0.15) is 13.2 Å². The van der Waals surface area contributed by atoms with Gasteiger partial charge in [0.2, 0.25) is 0 Å². The highest BCUT2D eigenvalue weighted by Gasteiger charge is 2.20. The average molecular weight is 237 g/mol. The molecule has 4 heteroatoms. The Labute approximate surface area is 101 Å². The van der Waals surface area contributed by atoms with Gasteiger partial charge < -0.3 is 20.3 Å². The van der Waals surface area contributed by atoms with E-state index in [0.29, 0.717) is 19.1 Å². The molecule has 17 heavy (non-hydrogen) atoms. The van der Waals surface area contributed by atoms with Crippen LogP contribution < -0.4 is 15.2 Å². The summed E-state index contributed by atoms with van der Waals surface area (Å²) in [6.07, 6.45) is 0. The minimum absolute atomic E-state index is 0.0701. The molecule has 1 aliphatic heterocycles. The Bertz CT molecular complexity index is 404. The second-order valence-corrected chi connectivity index (χ2v) is 4.57. The van der Waals surface area contributed by atoms with Crippen molar-refractivity contribution in [2.45, 2.75) is 25.8 Å². The van der Waals surface area contributed by atoms with Crippen molar-refractivity contribution >= 4 is 0 Å². The van der Waals surface area contributed by atoms with Crippen LogP contribution in [0.4, 0.5) is 0 Å². The van der Waals surface area contributed by atoms with Crippen LogP contribution in [-0.2, 0) is 0 Å². The number of aliphatic hydroxyl groups excluding tert-OH is 1. The number of hydrogen-bond donors (Lipinski definition) is 2. The van der Waals surface area contributed by atoms with Gasteiger partial charge in [0, 0.05) is 0 Å². The zero-order valence-electron chi connectivity index (χ0n) is 10.3. The molecule has 0 aromatic heterocycles. The zero-order valence-corrected chi connectivity index (χ0v) is 10.3. The van der Waals surface area contributed by atoms with Gasteiger partial charge in [-0.2, -0.15) is 0 Å². The largest absolute Gasteiger partial charge is 0.486 e. The first-order valence-electron chi connectivity index (χ1n) is 5.93. The number of nitrogens with two attached hydrogens (primary N) is 1. The molecule has 0 amide bonds. The monoisotopic (exact) mass is 237 g/mol. The Morgan fingerprint density at radius 2 is 1.71 bits per heavy atom. The number of ether oxygens (including phenoxy) is 2. The van der Waals surface area contributed by atoms with E-state index in [9.17, 15) is 5.11 Å². The van der Waals surface area contributed by atoms with Crippen LogP contribution in [-0.4, -0.2) is 24.9 Å². The van der Waals surface area contributed by atoms with Crippen LogP contribution >= 0.6 is 0 Å². The minimum atomic E-state index is -0.372. The molecule has 0 spiro atoms. The molecule has 0 bridgehead atoms. The molecule has 1 atom stereocenters. The molecule has 1 aliphatic rings. The van der Waals surface area contributed by atoms with E-state index < -0.39 is 0 Å². The van der Waals surface area contributed by atoms with Crippen molar-refractivity contribution in [3.8, 4) is 11.5 Å². The molecule has 0 fully saturated rings. The van der Waals surface area contributed by atoms with E-state index in [0.717, 1.165) is 22.6 Å². The Hall–Kier alpha value is -1.26. The van der Waals surface area contributed by atoms with Crippen molar-refractivity contribution in [2.75, 3.05) is 19.8 Å². The highest BCUT2D eigenvalue weighted by Crippen LogP contribution is 2.37. The predicted octanol–water partition coefficient (Wildman–Crippen LogP) is 1.57. The van der Waals surface area contributed by atoms with Gasteiger partial charge in [-0.05, 0) is 29.2 Å². The highest BCUT2D eigenvalue weighted by atomic mass is 16.6. The summed E-state index contributed by atoms with van der Waals surface area (Å²) in [4.78, 5) is 0. The van der Waals surface area contributed by atoms with Crippen LogP contribution in [0.5, 0.6) is 11.5 Å². The van der Waals surface area contributed by atoms with Crippen molar-refractivity contribution in [1.82, 2.24) is 0 Å². The van der Waals surface area contributed by atoms with E-state index in [2.05, 4.69) is 13.8 Å². The highest BCUT2D eigenvalue weighted by molar-refractivity contribution is 5.50. The molecule has 94 valence electrons. The van der Waals surface area contributed by atoms with Crippen LogP contribution in [0, 0.1) is 0 Å². The standard InChI is InChI=1S/C13H19NO3/c1-8(2)9-5-12-13(17-4-3-16-12)6-10(9)11(14)7-15/h5-6,8,11,15H,3-4,7,14H2,1-2H3. The van der Waals surface area contributed by atoms with Crippen molar-refractivity contribution in [3.05, 3.63) is 23.3 Å². The lowest BCUT2D eigenvalue weighted by Gasteiger charge is -2.24. The smallest absolute Gasteiger partial charge is 0.161 e. The van der Waals surface area contributed by atoms with Crippen LogP contribution in [0.3, 0.4) is 0 Å². The van der Waals surface area contributed by atoms with Gasteiger partial charge in [-0.1, -0.05) is 13.8 Å². The summed E-state index contributed by atoms with van der Waals surface area (Å²) < 4.78 is 11.1. The Morgan fingerprint density at radius 3 is 2.18 bits per heavy atom. The van der Waals surface area contributed by atoms with Crippen LogP contribution in [0.25, 0.3) is 0 Å². The van der Waals surface area contributed by atoms with Gasteiger partial charge >= 0.3 is 0 Å². The first-order valence-corrected chi connectivity index (χ1v) is 5.93. The normalized spacial score (nSPS) is 16.1. The van der Waals surface area contributed by atoms with E-state index in [4.69, 9.17) is 15.2 Å². The number of benzene rings is 1. The first-order chi connectivity index (χ1) is 8.13. The van der Waals surface area contributed by atoms with Gasteiger partial charge in [-0.25, -0.2) is 0 Å². The van der Waals surface area contributed by atoms with E-state index in [-0.39, 0.29) is 12.6 Å². The zero-order chi connectivity index (χ0) is 12.4. The first kappa shape index (κ1) is 12.2. The molecule has 2 rings (SSSR count). The minimum Gasteiger partial charge on any atom is -0.486 e. The Morgan fingerprint density at radius 1 is 1.18 bits per heavy atom. The van der Waals surface area contributed by atoms with E-state index in [1.165, 1.54) is 0 Å². The molecule has 0 aliphatic carbocycles. The lowest BCUT2D eigenvalue weighted by molar-refractivity contribution is 0.170. The second-order valence-electron chi connectivity index (χ2n) is 4.57. The molecule has 4 nitrogen and oxygen atoms in total. The van der Waals surface area contributed by atoms with Crippen molar-refractivity contribution in [1.29, 1.82) is 0 Å². The molecule has 1 heterocycles. The molecular weight excluding hydrogens is 218 g/mol. The lowest BCUT2D eigenvalue weighted by atomic mass is 9.92. The van der Waals surface area contributed by atoms with Gasteiger partial charge in [-0.3, -0.25) is 0 Å². The quantitative estimate of drug-likeness (QED) is 0.837. The molecule has 0 saturated carbocycles. The fourth-order valence-electron chi connectivity index (χ4n) is 2.04. The van der Waals surface area contributed by atoms with Crippen molar-refractivity contribution in [3.63, 3.8) is 0 Å². The van der Waals surface area contributed by atoms with Gasteiger partial charge in [-0.15, -0.1) is 0 Å². The third-order valence-electron chi connectivity index (χ3n) is 2.97. The van der Waals surface area contributed by atoms with Crippen molar-refractivity contribution < 1.29 is 14.6 Å². The Kier molecular flexibility index (Phi) is 3.54.